The first-order valence-electron chi connectivity index (χ1n) is 21.7. The predicted octanol–water partition coefficient (Wildman–Crippen LogP) is 15.4. The predicted molar refractivity (Wildman–Crippen MR) is 275 cm³/mol. The van der Waals surface area contributed by atoms with Gasteiger partial charge in [-0.3, -0.25) is 4.57 Å². The van der Waals surface area contributed by atoms with Crippen molar-refractivity contribution >= 4 is 114 Å². The van der Waals surface area contributed by atoms with Crippen LogP contribution < -0.4 is 5.32 Å². The fourth-order valence-corrected chi connectivity index (χ4v) is 12.5. The van der Waals surface area contributed by atoms with E-state index < -0.39 is 0 Å². The molecule has 1 atom stereocenters. The Morgan fingerprint density at radius 1 is 0.438 bits per heavy atom. The Labute approximate surface area is 376 Å². The van der Waals surface area contributed by atoms with E-state index in [1.807, 2.05) is 23.1 Å². The van der Waals surface area contributed by atoms with Crippen LogP contribution in [0, 0.1) is 0 Å². The molecule has 0 saturated carbocycles. The maximum absolute atomic E-state index is 5.69. The number of hydrogen-bond acceptors (Lipinski definition) is 4. The van der Waals surface area contributed by atoms with Gasteiger partial charge in [0.15, 0.2) is 0 Å². The number of nitrogens with one attached hydrogen (secondary N) is 1. The van der Waals surface area contributed by atoms with E-state index in [1.165, 1.54) is 90.0 Å². The van der Waals surface area contributed by atoms with Crippen LogP contribution in [0.25, 0.3) is 102 Å². The Morgan fingerprint density at radius 2 is 1.09 bits per heavy atom. The van der Waals surface area contributed by atoms with Crippen LogP contribution in [0.2, 0.25) is 0 Å². The Bertz CT molecular complexity index is 4020. The summed E-state index contributed by atoms with van der Waals surface area (Å²) >= 11 is 3.69. The third kappa shape index (κ3) is 5.40. The summed E-state index contributed by atoms with van der Waals surface area (Å²) in [5, 5.41) is 13.9. The van der Waals surface area contributed by atoms with Crippen molar-refractivity contribution in [3.63, 3.8) is 0 Å². The maximum Gasteiger partial charge on any atom is 0.209 e. The molecular weight excluding hydrogens is 817 g/mol. The van der Waals surface area contributed by atoms with Crippen LogP contribution in [-0.4, -0.2) is 21.1 Å². The first-order valence-corrected chi connectivity index (χ1v) is 23.4. The molecule has 14 rings (SSSR count). The van der Waals surface area contributed by atoms with Gasteiger partial charge in [-0.15, -0.1) is 11.3 Å². The summed E-state index contributed by atoms with van der Waals surface area (Å²) in [5.41, 5.74) is 11.5. The van der Waals surface area contributed by atoms with E-state index in [9.17, 15) is 0 Å². The molecule has 2 aliphatic rings. The summed E-state index contributed by atoms with van der Waals surface area (Å²) in [6.07, 6.45) is 2.38. The molecule has 1 unspecified atom stereocenters. The molecule has 1 N–H and O–H groups in total. The largest absolute Gasteiger partial charge is 0.344 e. The zero-order valence-electron chi connectivity index (χ0n) is 34.4. The first-order chi connectivity index (χ1) is 31.7. The lowest BCUT2D eigenvalue weighted by molar-refractivity contribution is 0.835. The number of thioether (sulfide) groups is 1. The van der Waals surface area contributed by atoms with Gasteiger partial charge in [0.2, 0.25) is 5.96 Å². The minimum Gasteiger partial charge on any atom is -0.344 e. The summed E-state index contributed by atoms with van der Waals surface area (Å²) in [6, 6.07) is 73.0. The maximum atomic E-state index is 5.69. The molecule has 9 aromatic carbocycles. The van der Waals surface area contributed by atoms with Gasteiger partial charge in [0.1, 0.15) is 0 Å². The van der Waals surface area contributed by atoms with E-state index in [2.05, 4.69) is 221 Å². The molecule has 0 aliphatic carbocycles. The van der Waals surface area contributed by atoms with Crippen LogP contribution in [0.5, 0.6) is 0 Å². The number of rotatable bonds is 4. The van der Waals surface area contributed by atoms with Gasteiger partial charge in [-0.05, 0) is 94.2 Å². The van der Waals surface area contributed by atoms with Crippen molar-refractivity contribution < 1.29 is 0 Å². The van der Waals surface area contributed by atoms with Gasteiger partial charge in [-0.2, -0.15) is 0 Å². The standard InChI is InChI=1S/C58H36N4S2/c1-3-14-36(15-4-1)54-34-47-57(64-54)56(39-26-30-53-45(32-39)44-20-10-12-22-52(44)63-53)60-58(59-47)62-49-28-25-37(31-46(49)55-41-18-8-7-13-35(41)24-29-50(55)62)38-23-27-43-42-19-9-11-21-48(42)61(51(43)33-38)40-16-5-2-6-17-40/h1-34,47H,(H,59,60). The summed E-state index contributed by atoms with van der Waals surface area (Å²) in [7, 11) is 0. The third-order valence-electron chi connectivity index (χ3n) is 13.2. The summed E-state index contributed by atoms with van der Waals surface area (Å²) < 4.78 is 7.36. The molecule has 0 spiro atoms. The summed E-state index contributed by atoms with van der Waals surface area (Å²) in [5.74, 6) is 0.821. The molecule has 6 heteroatoms. The average Bonchev–Trinajstić information content (AvgIpc) is 4.13. The SMILES string of the molecule is C1=C(c2ccccc2)SC2=C(c3ccc4sc5ccccc5c4c3)N=C(n3c4ccc(-c5ccc6c7ccccc7n(-c7ccccc7)c6c5)cc4c4c5ccccc5ccc43)NC12. The lowest BCUT2D eigenvalue weighted by Gasteiger charge is -2.25. The van der Waals surface area contributed by atoms with Crippen molar-refractivity contribution in [1.29, 1.82) is 0 Å². The van der Waals surface area contributed by atoms with E-state index in [0.29, 0.717) is 0 Å². The number of aliphatic imine (C=N–C) groups is 1. The summed E-state index contributed by atoms with van der Waals surface area (Å²) in [6.45, 7) is 0. The van der Waals surface area contributed by atoms with Crippen LogP contribution in [0.15, 0.2) is 216 Å². The molecule has 0 bridgehead atoms. The number of hydrogen-bond donors (Lipinski definition) is 1. The lowest BCUT2D eigenvalue weighted by atomic mass is 9.99. The Balaban J connectivity index is 0.986. The zero-order chi connectivity index (χ0) is 41.9. The number of aromatic nitrogens is 2. The van der Waals surface area contributed by atoms with E-state index >= 15 is 0 Å². The molecule has 4 nitrogen and oxygen atoms in total. The van der Waals surface area contributed by atoms with E-state index in [0.717, 1.165) is 33.9 Å². The monoisotopic (exact) mass is 852 g/mol. The normalized spacial score (nSPS) is 15.2. The third-order valence-corrected chi connectivity index (χ3v) is 15.6. The highest BCUT2D eigenvalue weighted by Crippen LogP contribution is 2.49. The van der Waals surface area contributed by atoms with E-state index in [-0.39, 0.29) is 6.04 Å². The quantitative estimate of drug-likeness (QED) is 0.191. The molecule has 2 aliphatic heterocycles. The van der Waals surface area contributed by atoms with Crippen molar-refractivity contribution in [1.82, 2.24) is 14.5 Å². The minimum atomic E-state index is -0.0482. The van der Waals surface area contributed by atoms with Gasteiger partial charge >= 0.3 is 0 Å². The molecule has 0 amide bonds. The molecular formula is C58H36N4S2. The van der Waals surface area contributed by atoms with Gasteiger partial charge in [0.05, 0.1) is 33.8 Å². The average molecular weight is 853 g/mol. The number of thiophene rings is 1. The number of nitrogens with zero attached hydrogens (tertiary/aromatic N) is 3. The van der Waals surface area contributed by atoms with Crippen molar-refractivity contribution in [3.05, 3.63) is 222 Å². The second kappa shape index (κ2) is 13.9. The van der Waals surface area contributed by atoms with Gasteiger partial charge in [0.25, 0.3) is 0 Å². The smallest absolute Gasteiger partial charge is 0.209 e. The highest BCUT2D eigenvalue weighted by atomic mass is 32.2. The highest BCUT2D eigenvalue weighted by molar-refractivity contribution is 8.12. The Kier molecular flexibility index (Phi) is 7.82. The fourth-order valence-electron chi connectivity index (χ4n) is 10.2. The zero-order valence-corrected chi connectivity index (χ0v) is 36.0. The molecule has 300 valence electrons. The molecule has 3 aromatic heterocycles. The van der Waals surface area contributed by atoms with E-state index in [4.69, 9.17) is 4.99 Å². The van der Waals surface area contributed by atoms with Crippen molar-refractivity contribution in [2.24, 2.45) is 4.99 Å². The van der Waals surface area contributed by atoms with Crippen molar-refractivity contribution in [3.8, 4) is 16.8 Å². The topological polar surface area (TPSA) is 34.2 Å². The van der Waals surface area contributed by atoms with Gasteiger partial charge in [-0.1, -0.05) is 151 Å². The Hall–Kier alpha value is -7.64. The van der Waals surface area contributed by atoms with Crippen LogP contribution in [0.4, 0.5) is 0 Å². The second-order valence-corrected chi connectivity index (χ2v) is 18.9. The molecule has 0 saturated heterocycles. The van der Waals surface area contributed by atoms with Crippen LogP contribution >= 0.6 is 23.1 Å². The highest BCUT2D eigenvalue weighted by Gasteiger charge is 2.33. The minimum absolute atomic E-state index is 0.0482. The van der Waals surface area contributed by atoms with Gasteiger partial charge in [-0.25, -0.2) is 4.99 Å². The molecule has 5 heterocycles. The molecule has 64 heavy (non-hydrogen) atoms. The molecule has 0 fully saturated rings. The fraction of sp³-hybridized carbons (Fsp3) is 0.0172. The van der Waals surface area contributed by atoms with Crippen LogP contribution in [-0.2, 0) is 0 Å². The van der Waals surface area contributed by atoms with Gasteiger partial charge < -0.3 is 9.88 Å². The van der Waals surface area contributed by atoms with E-state index in [1.54, 1.807) is 0 Å². The number of benzene rings is 9. The van der Waals surface area contributed by atoms with Crippen molar-refractivity contribution in [2.75, 3.05) is 0 Å². The lowest BCUT2D eigenvalue weighted by Crippen LogP contribution is -2.40. The van der Waals surface area contributed by atoms with Crippen LogP contribution in [0.3, 0.4) is 0 Å². The molecule has 12 aromatic rings. The number of para-hydroxylation sites is 2. The van der Waals surface area contributed by atoms with Crippen molar-refractivity contribution in [2.45, 2.75) is 6.04 Å². The molecule has 0 radical (unpaired) electrons. The second-order valence-electron chi connectivity index (χ2n) is 16.7. The summed E-state index contributed by atoms with van der Waals surface area (Å²) in [4.78, 5) is 8.15. The first kappa shape index (κ1) is 35.9. The Morgan fingerprint density at radius 3 is 1.98 bits per heavy atom. The number of fused-ring (bicyclic) bond motifs is 12. The van der Waals surface area contributed by atoms with Crippen LogP contribution in [0.1, 0.15) is 11.1 Å². The van der Waals surface area contributed by atoms with Gasteiger partial charge in [0, 0.05) is 62.8 Å².